The minimum atomic E-state index is -1.16. The van der Waals surface area contributed by atoms with E-state index in [4.69, 9.17) is 16.3 Å². The number of benzene rings is 1. The SMILES string of the molecule is CCc1cc(C(=O)C(C)(C)OC(C)=O)ccc1Cl. The summed E-state index contributed by atoms with van der Waals surface area (Å²) >= 11 is 6.00. The van der Waals surface area contributed by atoms with Crippen LogP contribution >= 0.6 is 11.6 Å². The third-order valence-corrected chi connectivity index (χ3v) is 3.00. The van der Waals surface area contributed by atoms with Crippen molar-refractivity contribution in [2.45, 2.75) is 39.7 Å². The van der Waals surface area contributed by atoms with Gasteiger partial charge >= 0.3 is 5.97 Å². The molecule has 0 aliphatic heterocycles. The third kappa shape index (κ3) is 3.33. The van der Waals surface area contributed by atoms with E-state index in [9.17, 15) is 9.59 Å². The maximum absolute atomic E-state index is 12.3. The first-order chi connectivity index (χ1) is 8.27. The van der Waals surface area contributed by atoms with Gasteiger partial charge in [0.1, 0.15) is 0 Å². The van der Waals surface area contributed by atoms with Crippen LogP contribution in [0.2, 0.25) is 5.02 Å². The number of carbonyl (C=O) groups is 2. The molecule has 0 radical (unpaired) electrons. The summed E-state index contributed by atoms with van der Waals surface area (Å²) in [6.45, 7) is 6.41. The molecule has 1 aromatic carbocycles. The number of hydrogen-bond donors (Lipinski definition) is 0. The minimum Gasteiger partial charge on any atom is -0.451 e. The van der Waals surface area contributed by atoms with Gasteiger partial charge < -0.3 is 4.74 Å². The van der Waals surface area contributed by atoms with Gasteiger partial charge in [0.15, 0.2) is 5.60 Å². The molecule has 3 nitrogen and oxygen atoms in total. The van der Waals surface area contributed by atoms with E-state index in [2.05, 4.69) is 0 Å². The number of hydrogen-bond acceptors (Lipinski definition) is 3. The molecule has 0 bridgehead atoms. The van der Waals surface area contributed by atoms with Crippen molar-refractivity contribution in [2.24, 2.45) is 0 Å². The number of carbonyl (C=O) groups excluding carboxylic acids is 2. The first kappa shape index (κ1) is 14.7. The molecule has 0 N–H and O–H groups in total. The van der Waals surface area contributed by atoms with Crippen LogP contribution in [0.1, 0.15) is 43.6 Å². The topological polar surface area (TPSA) is 43.4 Å². The summed E-state index contributed by atoms with van der Waals surface area (Å²) in [6.07, 6.45) is 0.744. The molecule has 0 saturated heterocycles. The average molecular weight is 269 g/mol. The smallest absolute Gasteiger partial charge is 0.303 e. The second-order valence-corrected chi connectivity index (χ2v) is 5.00. The number of halogens is 1. The van der Waals surface area contributed by atoms with Crippen LogP contribution in [0.5, 0.6) is 0 Å². The van der Waals surface area contributed by atoms with Crippen molar-refractivity contribution >= 4 is 23.4 Å². The van der Waals surface area contributed by atoms with Gasteiger partial charge in [-0.1, -0.05) is 18.5 Å². The van der Waals surface area contributed by atoms with Crippen LogP contribution < -0.4 is 0 Å². The number of aryl methyl sites for hydroxylation is 1. The molecule has 0 atom stereocenters. The van der Waals surface area contributed by atoms with Crippen LogP contribution in [0, 0.1) is 0 Å². The van der Waals surface area contributed by atoms with Gasteiger partial charge in [-0.15, -0.1) is 0 Å². The Morgan fingerprint density at radius 3 is 2.44 bits per heavy atom. The average Bonchev–Trinajstić information content (AvgIpc) is 2.27. The summed E-state index contributed by atoms with van der Waals surface area (Å²) in [5.41, 5.74) is 0.244. The fraction of sp³-hybridized carbons (Fsp3) is 0.429. The zero-order chi connectivity index (χ0) is 13.9. The van der Waals surface area contributed by atoms with Crippen molar-refractivity contribution in [3.8, 4) is 0 Å². The number of rotatable bonds is 4. The molecule has 4 heteroatoms. The Morgan fingerprint density at radius 2 is 1.94 bits per heavy atom. The fourth-order valence-corrected chi connectivity index (χ4v) is 1.99. The van der Waals surface area contributed by atoms with Crippen LogP contribution in [0.3, 0.4) is 0 Å². The van der Waals surface area contributed by atoms with Crippen LogP contribution in [-0.4, -0.2) is 17.4 Å². The van der Waals surface area contributed by atoms with Gasteiger partial charge in [0.05, 0.1) is 0 Å². The van der Waals surface area contributed by atoms with E-state index in [1.165, 1.54) is 6.92 Å². The van der Waals surface area contributed by atoms with Gasteiger partial charge in [-0.2, -0.15) is 0 Å². The molecule has 0 fully saturated rings. The summed E-state index contributed by atoms with van der Waals surface area (Å²) in [7, 11) is 0. The molecule has 0 aromatic heterocycles. The fourth-order valence-electron chi connectivity index (χ4n) is 1.74. The quantitative estimate of drug-likeness (QED) is 0.621. The van der Waals surface area contributed by atoms with Crippen molar-refractivity contribution in [1.29, 1.82) is 0 Å². The standard InChI is InChI=1S/C14H17ClO3/c1-5-10-8-11(6-7-12(10)15)13(17)14(3,4)18-9(2)16/h6-8H,5H2,1-4H3. The Bertz CT molecular complexity index is 478. The highest BCUT2D eigenvalue weighted by atomic mass is 35.5. The first-order valence-corrected chi connectivity index (χ1v) is 6.18. The van der Waals surface area contributed by atoms with Crippen molar-refractivity contribution in [2.75, 3.05) is 0 Å². The summed E-state index contributed by atoms with van der Waals surface area (Å²) in [6, 6.07) is 5.09. The summed E-state index contributed by atoms with van der Waals surface area (Å²) in [5, 5.41) is 0.638. The van der Waals surface area contributed by atoms with Crippen molar-refractivity contribution in [3.05, 3.63) is 34.3 Å². The Kier molecular flexibility index (Phi) is 4.52. The van der Waals surface area contributed by atoms with Gasteiger partial charge in [0.2, 0.25) is 5.78 Å². The predicted octanol–water partition coefficient (Wildman–Crippen LogP) is 3.43. The number of esters is 1. The van der Waals surface area contributed by atoms with Crippen LogP contribution in [0.25, 0.3) is 0 Å². The van der Waals surface area contributed by atoms with Gasteiger partial charge in [0, 0.05) is 17.5 Å². The zero-order valence-electron chi connectivity index (χ0n) is 11.0. The molecule has 0 spiro atoms. The van der Waals surface area contributed by atoms with Crippen molar-refractivity contribution in [3.63, 3.8) is 0 Å². The normalized spacial score (nSPS) is 11.2. The number of ketones is 1. The van der Waals surface area contributed by atoms with Gasteiger partial charge in [-0.05, 0) is 44.0 Å². The molecule has 1 rings (SSSR count). The van der Waals surface area contributed by atoms with E-state index in [1.54, 1.807) is 32.0 Å². The Labute approximate surface area is 112 Å². The molecule has 98 valence electrons. The van der Waals surface area contributed by atoms with Gasteiger partial charge in [-0.25, -0.2) is 0 Å². The summed E-state index contributed by atoms with van der Waals surface area (Å²) in [5.74, 6) is -0.706. The molecule has 0 unspecified atom stereocenters. The Balaban J connectivity index is 3.07. The van der Waals surface area contributed by atoms with E-state index in [1.807, 2.05) is 6.92 Å². The van der Waals surface area contributed by atoms with Gasteiger partial charge in [0.25, 0.3) is 0 Å². The van der Waals surface area contributed by atoms with E-state index < -0.39 is 11.6 Å². The van der Waals surface area contributed by atoms with Crippen LogP contribution in [0.15, 0.2) is 18.2 Å². The lowest BCUT2D eigenvalue weighted by atomic mass is 9.95. The Morgan fingerprint density at radius 1 is 1.33 bits per heavy atom. The molecule has 0 aliphatic rings. The number of ether oxygens (including phenoxy) is 1. The zero-order valence-corrected chi connectivity index (χ0v) is 11.8. The highest BCUT2D eigenvalue weighted by Crippen LogP contribution is 2.23. The second-order valence-electron chi connectivity index (χ2n) is 4.59. The van der Waals surface area contributed by atoms with E-state index in [0.29, 0.717) is 10.6 Å². The highest BCUT2D eigenvalue weighted by molar-refractivity contribution is 6.31. The lowest BCUT2D eigenvalue weighted by molar-refractivity contribution is -0.149. The molecular formula is C14H17ClO3. The molecular weight excluding hydrogens is 252 g/mol. The molecule has 0 heterocycles. The van der Waals surface area contributed by atoms with Crippen molar-refractivity contribution < 1.29 is 14.3 Å². The molecule has 0 amide bonds. The van der Waals surface area contributed by atoms with Gasteiger partial charge in [-0.3, -0.25) is 9.59 Å². The number of Topliss-reactive ketones (excluding diaryl/α,β-unsaturated/α-hetero) is 1. The van der Waals surface area contributed by atoms with Crippen LogP contribution in [-0.2, 0) is 16.0 Å². The molecule has 0 saturated carbocycles. The second kappa shape index (κ2) is 5.53. The predicted molar refractivity (Wildman–Crippen MR) is 71.0 cm³/mol. The monoisotopic (exact) mass is 268 g/mol. The highest BCUT2D eigenvalue weighted by Gasteiger charge is 2.32. The lowest BCUT2D eigenvalue weighted by Crippen LogP contribution is -2.36. The lowest BCUT2D eigenvalue weighted by Gasteiger charge is -2.23. The van der Waals surface area contributed by atoms with E-state index >= 15 is 0 Å². The summed E-state index contributed by atoms with van der Waals surface area (Å²) in [4.78, 5) is 23.2. The van der Waals surface area contributed by atoms with Crippen LogP contribution in [0.4, 0.5) is 0 Å². The maximum atomic E-state index is 12.3. The van der Waals surface area contributed by atoms with E-state index in [0.717, 1.165) is 12.0 Å². The molecule has 1 aromatic rings. The minimum absolute atomic E-state index is 0.232. The first-order valence-electron chi connectivity index (χ1n) is 5.80. The summed E-state index contributed by atoms with van der Waals surface area (Å²) < 4.78 is 5.04. The largest absolute Gasteiger partial charge is 0.451 e. The third-order valence-electron chi connectivity index (χ3n) is 2.63. The Hall–Kier alpha value is -1.35. The van der Waals surface area contributed by atoms with E-state index in [-0.39, 0.29) is 5.78 Å². The molecule has 0 aliphatic carbocycles. The van der Waals surface area contributed by atoms with Crippen molar-refractivity contribution in [1.82, 2.24) is 0 Å². The molecule has 18 heavy (non-hydrogen) atoms. The maximum Gasteiger partial charge on any atom is 0.303 e.